The van der Waals surface area contributed by atoms with E-state index in [9.17, 15) is 8.42 Å². The van der Waals surface area contributed by atoms with Gasteiger partial charge in [-0.15, -0.1) is 0 Å². The van der Waals surface area contributed by atoms with E-state index in [2.05, 4.69) is 6.07 Å². The molecule has 17 heavy (non-hydrogen) atoms. The molecule has 1 rings (SSSR count). The summed E-state index contributed by atoms with van der Waals surface area (Å²) < 4.78 is 23.2. The maximum absolute atomic E-state index is 11.6. The number of sulfone groups is 1. The highest BCUT2D eigenvalue weighted by molar-refractivity contribution is 7.91. The Kier molecular flexibility index (Phi) is 4.67. The summed E-state index contributed by atoms with van der Waals surface area (Å²) in [5.74, 6) is 0.112. The first-order chi connectivity index (χ1) is 7.99. The Labute approximate surface area is 102 Å². The van der Waals surface area contributed by atoms with Gasteiger partial charge in [-0.2, -0.15) is 5.26 Å². The lowest BCUT2D eigenvalue weighted by Gasteiger charge is -2.12. The summed E-state index contributed by atoms with van der Waals surface area (Å²) >= 11 is 0. The predicted molar refractivity (Wildman–Crippen MR) is 66.1 cm³/mol. The molecule has 0 N–H and O–H groups in total. The van der Waals surface area contributed by atoms with Crippen molar-refractivity contribution in [1.82, 2.24) is 4.90 Å². The van der Waals surface area contributed by atoms with Crippen molar-refractivity contribution in [3.63, 3.8) is 0 Å². The Morgan fingerprint density at radius 3 is 2.35 bits per heavy atom. The minimum Gasteiger partial charge on any atom is -0.289 e. The molecular weight excluding hydrogens is 236 g/mol. The van der Waals surface area contributed by atoms with E-state index in [1.54, 1.807) is 31.2 Å². The van der Waals surface area contributed by atoms with E-state index >= 15 is 0 Å². The molecule has 0 fully saturated rings. The van der Waals surface area contributed by atoms with Crippen LogP contribution in [-0.2, 0) is 16.4 Å². The largest absolute Gasteiger partial charge is 0.289 e. The molecule has 0 saturated heterocycles. The van der Waals surface area contributed by atoms with Gasteiger partial charge in [0.05, 0.1) is 23.3 Å². The van der Waals surface area contributed by atoms with Crippen molar-refractivity contribution < 1.29 is 8.42 Å². The number of hydrogen-bond donors (Lipinski definition) is 0. The zero-order chi connectivity index (χ0) is 12.9. The number of nitrogens with zero attached hydrogens (tertiary/aromatic N) is 2. The average Bonchev–Trinajstić information content (AvgIpc) is 2.30. The minimum atomic E-state index is -3.12. The van der Waals surface area contributed by atoms with Crippen molar-refractivity contribution in [2.24, 2.45) is 0 Å². The molecule has 0 aliphatic carbocycles. The third-order valence-electron chi connectivity index (χ3n) is 2.46. The Morgan fingerprint density at radius 1 is 1.29 bits per heavy atom. The van der Waals surface area contributed by atoms with Gasteiger partial charge in [-0.3, -0.25) is 4.90 Å². The van der Waals surface area contributed by atoms with Crippen molar-refractivity contribution in [2.75, 3.05) is 19.3 Å². The molecule has 0 unspecified atom stereocenters. The molecule has 0 aromatic heterocycles. The number of hydrogen-bond acceptors (Lipinski definition) is 4. The fraction of sp³-hybridized carbons (Fsp3) is 0.417. The van der Waals surface area contributed by atoms with Crippen LogP contribution in [0.2, 0.25) is 0 Å². The highest BCUT2D eigenvalue weighted by Gasteiger charge is 2.10. The van der Waals surface area contributed by atoms with Gasteiger partial charge in [0.2, 0.25) is 0 Å². The summed E-state index contributed by atoms with van der Waals surface area (Å²) in [6.45, 7) is 2.62. The van der Waals surface area contributed by atoms with Crippen molar-refractivity contribution in [3.8, 4) is 6.07 Å². The second-order valence-electron chi connectivity index (χ2n) is 3.88. The van der Waals surface area contributed by atoms with Crippen LogP contribution in [-0.4, -0.2) is 32.7 Å². The Hall–Kier alpha value is -1.38. The van der Waals surface area contributed by atoms with Gasteiger partial charge in [0.15, 0.2) is 9.84 Å². The van der Waals surface area contributed by atoms with E-state index in [4.69, 9.17) is 5.26 Å². The first-order valence-electron chi connectivity index (χ1n) is 5.36. The summed E-state index contributed by atoms with van der Waals surface area (Å²) in [6, 6.07) is 8.88. The zero-order valence-electron chi connectivity index (χ0n) is 10.0. The van der Waals surface area contributed by atoms with Crippen LogP contribution in [0, 0.1) is 11.3 Å². The molecule has 5 heteroatoms. The SMILES string of the molecule is CCS(=O)(=O)c1ccc(CN(C)CC#N)cc1. The summed E-state index contributed by atoms with van der Waals surface area (Å²) in [4.78, 5) is 2.22. The van der Waals surface area contributed by atoms with Gasteiger partial charge in [-0.1, -0.05) is 19.1 Å². The van der Waals surface area contributed by atoms with Crippen LogP contribution >= 0.6 is 0 Å². The Balaban J connectivity index is 2.79. The molecule has 0 radical (unpaired) electrons. The van der Waals surface area contributed by atoms with Gasteiger partial charge in [0.25, 0.3) is 0 Å². The fourth-order valence-corrected chi connectivity index (χ4v) is 2.34. The molecule has 1 aromatic carbocycles. The van der Waals surface area contributed by atoms with Gasteiger partial charge >= 0.3 is 0 Å². The first-order valence-corrected chi connectivity index (χ1v) is 7.02. The van der Waals surface area contributed by atoms with E-state index in [-0.39, 0.29) is 5.75 Å². The molecular formula is C12H16N2O2S. The molecule has 92 valence electrons. The molecule has 1 aromatic rings. The van der Waals surface area contributed by atoms with Crippen LogP contribution in [0.4, 0.5) is 0 Å². The second kappa shape index (κ2) is 5.80. The number of rotatable bonds is 5. The van der Waals surface area contributed by atoms with Crippen LogP contribution < -0.4 is 0 Å². The summed E-state index contributed by atoms with van der Waals surface area (Å²) in [7, 11) is -1.27. The third-order valence-corrected chi connectivity index (χ3v) is 4.21. The Morgan fingerprint density at radius 2 is 1.88 bits per heavy atom. The topological polar surface area (TPSA) is 61.2 Å². The molecule has 0 amide bonds. The monoisotopic (exact) mass is 252 g/mol. The fourth-order valence-electron chi connectivity index (χ4n) is 1.46. The van der Waals surface area contributed by atoms with Gasteiger partial charge in [-0.05, 0) is 24.7 Å². The van der Waals surface area contributed by atoms with E-state index in [1.165, 1.54) is 0 Å². The highest BCUT2D eigenvalue weighted by atomic mass is 32.2. The van der Waals surface area contributed by atoms with Crippen molar-refractivity contribution in [2.45, 2.75) is 18.4 Å². The first kappa shape index (κ1) is 13.7. The van der Waals surface area contributed by atoms with Gasteiger partial charge in [0, 0.05) is 6.54 Å². The lowest BCUT2D eigenvalue weighted by atomic mass is 10.2. The summed E-state index contributed by atoms with van der Waals surface area (Å²) in [5.41, 5.74) is 0.998. The maximum Gasteiger partial charge on any atom is 0.178 e. The van der Waals surface area contributed by atoms with E-state index in [1.807, 2.05) is 11.9 Å². The lowest BCUT2D eigenvalue weighted by molar-refractivity contribution is 0.367. The quantitative estimate of drug-likeness (QED) is 0.744. The summed E-state index contributed by atoms with van der Waals surface area (Å²) in [5, 5.41) is 8.53. The second-order valence-corrected chi connectivity index (χ2v) is 6.16. The molecule has 4 nitrogen and oxygen atoms in total. The molecule has 0 aliphatic rings. The third kappa shape index (κ3) is 3.84. The van der Waals surface area contributed by atoms with Crippen LogP contribution in [0.5, 0.6) is 0 Å². The van der Waals surface area contributed by atoms with E-state index < -0.39 is 9.84 Å². The van der Waals surface area contributed by atoms with Gasteiger partial charge in [-0.25, -0.2) is 8.42 Å². The minimum absolute atomic E-state index is 0.112. The zero-order valence-corrected chi connectivity index (χ0v) is 10.9. The average molecular weight is 252 g/mol. The van der Waals surface area contributed by atoms with Crippen LogP contribution in [0.25, 0.3) is 0 Å². The predicted octanol–water partition coefficient (Wildman–Crippen LogP) is 1.44. The number of nitriles is 1. The van der Waals surface area contributed by atoms with Gasteiger partial charge in [0.1, 0.15) is 0 Å². The van der Waals surface area contributed by atoms with Gasteiger partial charge < -0.3 is 0 Å². The molecule has 0 bridgehead atoms. The van der Waals surface area contributed by atoms with E-state index in [0.29, 0.717) is 18.0 Å². The standard InChI is InChI=1S/C12H16N2O2S/c1-3-17(15,16)12-6-4-11(5-7-12)10-14(2)9-8-13/h4-7H,3,9-10H2,1-2H3. The number of benzene rings is 1. The molecule has 0 saturated carbocycles. The molecule has 0 heterocycles. The van der Waals surface area contributed by atoms with Crippen LogP contribution in [0.3, 0.4) is 0 Å². The normalized spacial score (nSPS) is 11.4. The van der Waals surface area contributed by atoms with Crippen molar-refractivity contribution >= 4 is 9.84 Å². The molecule has 0 aliphatic heterocycles. The molecule has 0 atom stereocenters. The highest BCUT2D eigenvalue weighted by Crippen LogP contribution is 2.13. The van der Waals surface area contributed by atoms with Crippen molar-refractivity contribution in [1.29, 1.82) is 5.26 Å². The maximum atomic E-state index is 11.6. The smallest absolute Gasteiger partial charge is 0.178 e. The summed E-state index contributed by atoms with van der Waals surface area (Å²) in [6.07, 6.45) is 0. The molecule has 0 spiro atoms. The lowest BCUT2D eigenvalue weighted by Crippen LogP contribution is -2.17. The van der Waals surface area contributed by atoms with Crippen LogP contribution in [0.15, 0.2) is 29.2 Å². The van der Waals surface area contributed by atoms with Crippen LogP contribution in [0.1, 0.15) is 12.5 Å². The van der Waals surface area contributed by atoms with E-state index in [0.717, 1.165) is 5.56 Å². The van der Waals surface area contributed by atoms with Crippen molar-refractivity contribution in [3.05, 3.63) is 29.8 Å². The Bertz CT molecular complexity index is 500.